The molecule has 3 nitrogen and oxygen atoms in total. The van der Waals surface area contributed by atoms with Crippen LogP contribution in [0.1, 0.15) is 43.5 Å². The Hall–Kier alpha value is -1.42. The van der Waals surface area contributed by atoms with Crippen molar-refractivity contribution in [1.82, 2.24) is 10.4 Å². The predicted molar refractivity (Wildman–Crippen MR) is 88.2 cm³/mol. The summed E-state index contributed by atoms with van der Waals surface area (Å²) in [6, 6.07) is 10.5. The summed E-state index contributed by atoms with van der Waals surface area (Å²) in [4.78, 5) is 4.01. The maximum atomic E-state index is 6.17. The highest BCUT2D eigenvalue weighted by molar-refractivity contribution is 6.31. The molecule has 4 heteroatoms. The highest BCUT2D eigenvalue weighted by Gasteiger charge is 2.16. The second-order valence-corrected chi connectivity index (χ2v) is 6.67. The monoisotopic (exact) mass is 303 g/mol. The van der Waals surface area contributed by atoms with Crippen molar-refractivity contribution in [2.24, 2.45) is 5.84 Å². The van der Waals surface area contributed by atoms with Crippen LogP contribution in [0.15, 0.2) is 42.7 Å². The normalized spacial score (nSPS) is 13.2. The third-order valence-electron chi connectivity index (χ3n) is 3.66. The Labute approximate surface area is 131 Å². The van der Waals surface area contributed by atoms with E-state index in [1.165, 1.54) is 5.56 Å². The number of hydrazine groups is 1. The van der Waals surface area contributed by atoms with Gasteiger partial charge in [0.25, 0.3) is 0 Å². The summed E-state index contributed by atoms with van der Waals surface area (Å²) in [5.41, 5.74) is 6.52. The number of nitrogens with zero attached hydrogens (tertiary/aromatic N) is 1. The van der Waals surface area contributed by atoms with Gasteiger partial charge in [-0.05, 0) is 34.6 Å². The molecule has 1 aromatic carbocycles. The number of hydrogen-bond donors (Lipinski definition) is 2. The molecule has 0 saturated carbocycles. The minimum absolute atomic E-state index is 0.0268. The standard InChI is InChI=1S/C17H22ClN3/c1-17(2,3)14-6-4-12(5-7-14)16(21-19)10-13-8-9-20-11-15(13)18/h4-9,11,16,21H,10,19H2,1-3H3. The SMILES string of the molecule is CC(C)(C)c1ccc(C(Cc2ccncc2Cl)NN)cc1. The van der Waals surface area contributed by atoms with Crippen LogP contribution >= 0.6 is 11.6 Å². The minimum atomic E-state index is 0.0268. The number of benzene rings is 1. The Morgan fingerprint density at radius 2 is 1.86 bits per heavy atom. The predicted octanol–water partition coefficient (Wildman–Crippen LogP) is 3.78. The van der Waals surface area contributed by atoms with Crippen LogP contribution < -0.4 is 11.3 Å². The van der Waals surface area contributed by atoms with E-state index in [1.54, 1.807) is 12.4 Å². The maximum absolute atomic E-state index is 6.17. The van der Waals surface area contributed by atoms with Gasteiger partial charge in [0.05, 0.1) is 11.1 Å². The van der Waals surface area contributed by atoms with Crippen molar-refractivity contribution in [1.29, 1.82) is 0 Å². The smallest absolute Gasteiger partial charge is 0.0622 e. The molecule has 21 heavy (non-hydrogen) atoms. The molecular weight excluding hydrogens is 282 g/mol. The summed E-state index contributed by atoms with van der Waals surface area (Å²) in [6.07, 6.45) is 4.14. The second-order valence-electron chi connectivity index (χ2n) is 6.26. The van der Waals surface area contributed by atoms with Crippen LogP contribution in [-0.2, 0) is 11.8 Å². The molecule has 1 aromatic heterocycles. The molecule has 0 amide bonds. The van der Waals surface area contributed by atoms with Crippen LogP contribution in [0.3, 0.4) is 0 Å². The van der Waals surface area contributed by atoms with Crippen molar-refractivity contribution in [2.45, 2.75) is 38.6 Å². The molecule has 1 atom stereocenters. The fraction of sp³-hybridized carbons (Fsp3) is 0.353. The van der Waals surface area contributed by atoms with E-state index in [4.69, 9.17) is 17.4 Å². The van der Waals surface area contributed by atoms with E-state index in [1.807, 2.05) is 6.07 Å². The van der Waals surface area contributed by atoms with Crippen molar-refractivity contribution in [3.05, 3.63) is 64.4 Å². The van der Waals surface area contributed by atoms with E-state index in [-0.39, 0.29) is 11.5 Å². The average Bonchev–Trinajstić information content (AvgIpc) is 2.46. The second kappa shape index (κ2) is 6.56. The van der Waals surface area contributed by atoms with Gasteiger partial charge < -0.3 is 0 Å². The lowest BCUT2D eigenvalue weighted by atomic mass is 9.86. The van der Waals surface area contributed by atoms with Crippen LogP contribution in [0.5, 0.6) is 0 Å². The molecule has 1 heterocycles. The minimum Gasteiger partial charge on any atom is -0.271 e. The van der Waals surface area contributed by atoms with E-state index >= 15 is 0 Å². The van der Waals surface area contributed by atoms with Gasteiger partial charge >= 0.3 is 0 Å². The highest BCUT2D eigenvalue weighted by Crippen LogP contribution is 2.26. The van der Waals surface area contributed by atoms with Crippen molar-refractivity contribution in [2.75, 3.05) is 0 Å². The zero-order chi connectivity index (χ0) is 15.5. The molecule has 2 rings (SSSR count). The summed E-state index contributed by atoms with van der Waals surface area (Å²) in [5, 5.41) is 0.670. The fourth-order valence-corrected chi connectivity index (χ4v) is 2.47. The van der Waals surface area contributed by atoms with E-state index in [9.17, 15) is 0 Å². The molecule has 0 bridgehead atoms. The van der Waals surface area contributed by atoms with E-state index in [0.29, 0.717) is 5.02 Å². The lowest BCUT2D eigenvalue weighted by molar-refractivity contribution is 0.549. The first-order valence-electron chi connectivity index (χ1n) is 7.07. The van der Waals surface area contributed by atoms with Gasteiger partial charge in [-0.15, -0.1) is 0 Å². The zero-order valence-electron chi connectivity index (χ0n) is 12.7. The van der Waals surface area contributed by atoms with Crippen LogP contribution in [0.25, 0.3) is 0 Å². The van der Waals surface area contributed by atoms with E-state index in [0.717, 1.165) is 17.5 Å². The molecule has 3 N–H and O–H groups in total. The molecule has 112 valence electrons. The average molecular weight is 304 g/mol. The third kappa shape index (κ3) is 4.03. The summed E-state index contributed by atoms with van der Waals surface area (Å²) in [7, 11) is 0. The Morgan fingerprint density at radius 1 is 1.19 bits per heavy atom. The number of hydrogen-bond acceptors (Lipinski definition) is 3. The van der Waals surface area contributed by atoms with Crippen LogP contribution in [0.4, 0.5) is 0 Å². The summed E-state index contributed by atoms with van der Waals surface area (Å²) in [6.45, 7) is 6.62. The number of halogens is 1. The molecule has 0 radical (unpaired) electrons. The molecule has 1 unspecified atom stereocenters. The molecule has 0 fully saturated rings. The van der Waals surface area contributed by atoms with Gasteiger partial charge in [-0.3, -0.25) is 16.3 Å². The highest BCUT2D eigenvalue weighted by atomic mass is 35.5. The van der Waals surface area contributed by atoms with Gasteiger partial charge in [-0.2, -0.15) is 0 Å². The number of rotatable bonds is 4. The molecular formula is C17H22ClN3. The van der Waals surface area contributed by atoms with Crippen molar-refractivity contribution >= 4 is 11.6 Å². The van der Waals surface area contributed by atoms with Gasteiger partial charge in [0.2, 0.25) is 0 Å². The first kappa shape index (κ1) is 16.0. The Balaban J connectivity index is 2.20. The first-order valence-corrected chi connectivity index (χ1v) is 7.44. The van der Waals surface area contributed by atoms with Crippen LogP contribution in [0.2, 0.25) is 5.02 Å². The molecule has 0 aliphatic heterocycles. The van der Waals surface area contributed by atoms with Crippen LogP contribution in [-0.4, -0.2) is 4.98 Å². The lowest BCUT2D eigenvalue weighted by Crippen LogP contribution is -2.29. The van der Waals surface area contributed by atoms with Gasteiger partial charge in [0, 0.05) is 12.4 Å². The van der Waals surface area contributed by atoms with Gasteiger partial charge in [-0.25, -0.2) is 0 Å². The van der Waals surface area contributed by atoms with Crippen molar-refractivity contribution in [3.63, 3.8) is 0 Å². The maximum Gasteiger partial charge on any atom is 0.0622 e. The fourth-order valence-electron chi connectivity index (χ4n) is 2.28. The van der Waals surface area contributed by atoms with Crippen molar-refractivity contribution in [3.8, 4) is 0 Å². The summed E-state index contributed by atoms with van der Waals surface area (Å²) in [5.74, 6) is 5.72. The lowest BCUT2D eigenvalue weighted by Gasteiger charge is -2.21. The Morgan fingerprint density at radius 3 is 2.38 bits per heavy atom. The molecule has 0 spiro atoms. The zero-order valence-corrected chi connectivity index (χ0v) is 13.5. The number of nitrogens with one attached hydrogen (secondary N) is 1. The summed E-state index contributed by atoms with van der Waals surface area (Å²) < 4.78 is 0. The number of nitrogens with two attached hydrogens (primary N) is 1. The van der Waals surface area contributed by atoms with Crippen LogP contribution in [0, 0.1) is 0 Å². The van der Waals surface area contributed by atoms with Crippen molar-refractivity contribution < 1.29 is 0 Å². The van der Waals surface area contributed by atoms with Gasteiger partial charge in [-0.1, -0.05) is 56.6 Å². The largest absolute Gasteiger partial charge is 0.271 e. The topological polar surface area (TPSA) is 50.9 Å². The Kier molecular flexibility index (Phi) is 4.99. The van der Waals surface area contributed by atoms with Gasteiger partial charge in [0.15, 0.2) is 0 Å². The number of aromatic nitrogens is 1. The number of pyridine rings is 1. The molecule has 2 aromatic rings. The van der Waals surface area contributed by atoms with E-state index < -0.39 is 0 Å². The quantitative estimate of drug-likeness (QED) is 0.667. The van der Waals surface area contributed by atoms with Gasteiger partial charge in [0.1, 0.15) is 0 Å². The Bertz CT molecular complexity index is 588. The molecule has 0 saturated heterocycles. The summed E-state index contributed by atoms with van der Waals surface area (Å²) >= 11 is 6.17. The molecule has 0 aliphatic rings. The molecule has 0 aliphatic carbocycles. The third-order valence-corrected chi connectivity index (χ3v) is 4.00. The first-order chi connectivity index (χ1) is 9.91. The van der Waals surface area contributed by atoms with E-state index in [2.05, 4.69) is 55.4 Å².